The Morgan fingerprint density at radius 3 is 2.63 bits per heavy atom. The number of rotatable bonds is 2. The molecule has 2 bridgehead atoms. The van der Waals surface area contributed by atoms with Crippen molar-refractivity contribution in [3.8, 4) is 17.2 Å². The molecule has 1 fully saturated rings. The number of aromatic hydroxyl groups is 1. The molecule has 2 N–H and O–H groups in total. The summed E-state index contributed by atoms with van der Waals surface area (Å²) in [5, 5.41) is 21.7. The van der Waals surface area contributed by atoms with Gasteiger partial charge in [0.05, 0.1) is 5.92 Å². The molecule has 2 aromatic rings. The van der Waals surface area contributed by atoms with Gasteiger partial charge >= 0.3 is 5.97 Å². The lowest BCUT2D eigenvalue weighted by Crippen LogP contribution is -2.33. The highest BCUT2D eigenvalue weighted by atomic mass is 16.5. The average molecular weight is 360 g/mol. The second kappa shape index (κ2) is 5.49. The quantitative estimate of drug-likeness (QED) is 0.808. The van der Waals surface area contributed by atoms with Crippen molar-refractivity contribution in [3.05, 3.63) is 64.6 Å². The van der Waals surface area contributed by atoms with Gasteiger partial charge in [0.2, 0.25) is 0 Å². The minimum atomic E-state index is -0.752. The monoisotopic (exact) mass is 360 g/mol. The lowest BCUT2D eigenvalue weighted by Gasteiger charge is -2.31. The number of phenols is 1. The summed E-state index contributed by atoms with van der Waals surface area (Å²) >= 11 is 0. The largest absolute Gasteiger partial charge is 0.508 e. The molecule has 2 aromatic carbocycles. The number of phenolic OH excluding ortho intramolecular Hbond substituents is 1. The summed E-state index contributed by atoms with van der Waals surface area (Å²) in [7, 11) is 0. The van der Waals surface area contributed by atoms with E-state index in [2.05, 4.69) is 25.7 Å². The van der Waals surface area contributed by atoms with E-state index in [4.69, 9.17) is 4.74 Å². The van der Waals surface area contributed by atoms with Gasteiger partial charge in [0, 0.05) is 22.8 Å². The van der Waals surface area contributed by atoms with Crippen LogP contribution >= 0.6 is 0 Å². The van der Waals surface area contributed by atoms with Crippen LogP contribution in [0.15, 0.2) is 48.6 Å². The molecule has 4 heteroatoms. The van der Waals surface area contributed by atoms with Crippen molar-refractivity contribution >= 4 is 18.1 Å². The topological polar surface area (TPSA) is 66.8 Å². The van der Waals surface area contributed by atoms with Gasteiger partial charge in [-0.15, -0.1) is 0 Å². The van der Waals surface area contributed by atoms with E-state index in [1.807, 2.05) is 24.3 Å². The molecule has 2 aliphatic carbocycles. The molecule has 1 saturated carbocycles. The summed E-state index contributed by atoms with van der Waals surface area (Å²) < 4.78 is 6.05. The molecule has 1 aliphatic heterocycles. The summed E-state index contributed by atoms with van der Waals surface area (Å²) in [5.74, 6) is 0.526. The number of hydrogen-bond donors (Lipinski definition) is 2. The van der Waals surface area contributed by atoms with E-state index in [0.29, 0.717) is 17.4 Å². The number of benzene rings is 2. The molecule has 4 nitrogen and oxygen atoms in total. The summed E-state index contributed by atoms with van der Waals surface area (Å²) in [5.41, 5.74) is 1.86. The predicted octanol–water partition coefficient (Wildman–Crippen LogP) is 2.88. The molecule has 5 rings (SSSR count). The molecular formula is C23H20O4. The molecule has 3 aliphatic rings. The maximum Gasteiger partial charge on any atom is 0.307 e. The maximum absolute atomic E-state index is 12.2. The van der Waals surface area contributed by atoms with Crippen molar-refractivity contribution in [2.24, 2.45) is 29.6 Å². The van der Waals surface area contributed by atoms with Gasteiger partial charge in [-0.2, -0.15) is 0 Å². The van der Waals surface area contributed by atoms with Gasteiger partial charge in [0.1, 0.15) is 17.2 Å². The Labute approximate surface area is 156 Å². The molecule has 1 heterocycles. The van der Waals surface area contributed by atoms with Crippen LogP contribution in [0.4, 0.5) is 0 Å². The van der Waals surface area contributed by atoms with Crippen molar-refractivity contribution in [2.45, 2.75) is 6.92 Å². The third-order valence-corrected chi connectivity index (χ3v) is 6.42. The lowest BCUT2D eigenvalue weighted by atomic mass is 9.74. The SMILES string of the molecule is C=c1ccc2c(c1)Oc1cc(O)ccc1C=2C1C2C=CC(C2C)C1C(=O)O. The fraction of sp³-hybridized carbons (Fsp3) is 0.261. The zero-order chi connectivity index (χ0) is 18.9. The van der Waals surface area contributed by atoms with Crippen LogP contribution in [-0.2, 0) is 4.79 Å². The number of hydrogen-bond acceptors (Lipinski definition) is 3. The summed E-state index contributed by atoms with van der Waals surface area (Å²) in [6.07, 6.45) is 4.25. The van der Waals surface area contributed by atoms with Crippen molar-refractivity contribution in [2.75, 3.05) is 0 Å². The standard InChI is InChI=1S/C23H20O4/c1-11-3-5-16-18(9-11)27-19-10-13(24)4-6-17(19)20(16)21-14-7-8-15(12(14)2)22(21)23(25)26/h3-10,12,14-15,21-22,24H,1H2,2H3,(H,25,26). The minimum Gasteiger partial charge on any atom is -0.508 e. The highest BCUT2D eigenvalue weighted by Crippen LogP contribution is 2.57. The number of carboxylic acid groups (broad SMARTS) is 1. The Morgan fingerprint density at radius 2 is 1.85 bits per heavy atom. The van der Waals surface area contributed by atoms with Crippen molar-refractivity contribution in [1.29, 1.82) is 0 Å². The van der Waals surface area contributed by atoms with Crippen molar-refractivity contribution < 1.29 is 19.7 Å². The number of fused-ring (bicyclic) bond motifs is 4. The molecule has 136 valence electrons. The third-order valence-electron chi connectivity index (χ3n) is 6.42. The average Bonchev–Trinajstić information content (AvgIpc) is 3.12. The van der Waals surface area contributed by atoms with Crippen molar-refractivity contribution in [1.82, 2.24) is 0 Å². The highest BCUT2D eigenvalue weighted by Gasteiger charge is 2.54. The van der Waals surface area contributed by atoms with Gasteiger partial charge in [-0.05, 0) is 46.7 Å². The number of carbonyl (C=O) groups is 1. The predicted molar refractivity (Wildman–Crippen MR) is 102 cm³/mol. The molecule has 5 atom stereocenters. The molecular weight excluding hydrogens is 340 g/mol. The molecule has 5 unspecified atom stereocenters. The highest BCUT2D eigenvalue weighted by molar-refractivity contribution is 5.83. The Bertz CT molecular complexity index is 1110. The number of aliphatic carboxylic acids is 1. The Kier molecular flexibility index (Phi) is 3.29. The number of carboxylic acids is 1. The molecule has 0 amide bonds. The smallest absolute Gasteiger partial charge is 0.307 e. The Hall–Kier alpha value is -3.01. The second-order valence-electron chi connectivity index (χ2n) is 7.82. The van der Waals surface area contributed by atoms with E-state index >= 15 is 0 Å². The van der Waals surface area contributed by atoms with Gasteiger partial charge in [0.25, 0.3) is 0 Å². The second-order valence-corrected chi connectivity index (χ2v) is 7.82. The first-order chi connectivity index (χ1) is 13.0. The first-order valence-corrected chi connectivity index (χ1v) is 9.21. The zero-order valence-electron chi connectivity index (χ0n) is 14.9. The van der Waals surface area contributed by atoms with E-state index in [-0.39, 0.29) is 23.5 Å². The normalized spacial score (nSPS) is 30.0. The van der Waals surface area contributed by atoms with Crippen LogP contribution in [0.25, 0.3) is 12.2 Å². The first kappa shape index (κ1) is 16.2. The van der Waals surface area contributed by atoms with Gasteiger partial charge in [0.15, 0.2) is 0 Å². The van der Waals surface area contributed by atoms with Crippen LogP contribution in [0.1, 0.15) is 12.5 Å². The molecule has 27 heavy (non-hydrogen) atoms. The van der Waals surface area contributed by atoms with Crippen LogP contribution in [0.2, 0.25) is 0 Å². The van der Waals surface area contributed by atoms with E-state index in [0.717, 1.165) is 21.6 Å². The molecule has 0 saturated heterocycles. The van der Waals surface area contributed by atoms with Gasteiger partial charge in [-0.3, -0.25) is 4.79 Å². The summed E-state index contributed by atoms with van der Waals surface area (Å²) in [6.45, 7) is 6.12. The maximum atomic E-state index is 12.2. The van der Waals surface area contributed by atoms with Gasteiger partial charge < -0.3 is 14.9 Å². The summed E-state index contributed by atoms with van der Waals surface area (Å²) in [4.78, 5) is 12.2. The first-order valence-electron chi connectivity index (χ1n) is 9.21. The Balaban J connectivity index is 1.83. The van der Waals surface area contributed by atoms with Crippen LogP contribution in [0.5, 0.6) is 17.2 Å². The minimum absolute atomic E-state index is 0.0453. The lowest BCUT2D eigenvalue weighted by molar-refractivity contribution is -0.143. The van der Waals surface area contributed by atoms with Crippen LogP contribution < -0.4 is 15.2 Å². The van der Waals surface area contributed by atoms with E-state index < -0.39 is 11.9 Å². The van der Waals surface area contributed by atoms with Crippen LogP contribution in [-0.4, -0.2) is 16.2 Å². The third kappa shape index (κ3) is 2.19. The van der Waals surface area contributed by atoms with Crippen LogP contribution in [0, 0.1) is 29.6 Å². The fourth-order valence-corrected chi connectivity index (χ4v) is 5.24. The van der Waals surface area contributed by atoms with Crippen LogP contribution in [0.3, 0.4) is 0 Å². The van der Waals surface area contributed by atoms with E-state index in [9.17, 15) is 15.0 Å². The summed E-state index contributed by atoms with van der Waals surface area (Å²) in [6, 6.07) is 10.8. The number of ether oxygens (including phenoxy) is 1. The Morgan fingerprint density at radius 1 is 1.07 bits per heavy atom. The molecule has 0 aromatic heterocycles. The zero-order valence-corrected chi connectivity index (χ0v) is 14.9. The van der Waals surface area contributed by atoms with Gasteiger partial charge in [-0.1, -0.05) is 37.8 Å². The van der Waals surface area contributed by atoms with E-state index in [1.54, 1.807) is 12.1 Å². The van der Waals surface area contributed by atoms with E-state index in [1.165, 1.54) is 0 Å². The van der Waals surface area contributed by atoms with Crippen molar-refractivity contribution in [3.63, 3.8) is 0 Å². The van der Waals surface area contributed by atoms with Gasteiger partial charge in [-0.25, -0.2) is 0 Å². The molecule has 0 spiro atoms. The molecule has 0 radical (unpaired) electrons. The fourth-order valence-electron chi connectivity index (χ4n) is 5.24. The number of allylic oxidation sites excluding steroid dienone is 2.